The molecule has 0 spiro atoms. The maximum absolute atomic E-state index is 14.3. The van der Waals surface area contributed by atoms with Crippen molar-refractivity contribution >= 4 is 29.5 Å². The molecule has 1 aromatic heterocycles. The van der Waals surface area contributed by atoms with Crippen molar-refractivity contribution in [1.82, 2.24) is 19.2 Å². The van der Waals surface area contributed by atoms with E-state index in [2.05, 4.69) is 32.3 Å². The average molecular weight is 630 g/mol. The molecule has 2 aromatic rings. The minimum atomic E-state index is -0.624. The molecule has 11 nitrogen and oxygen atoms in total. The van der Waals surface area contributed by atoms with Crippen molar-refractivity contribution < 1.29 is 23.4 Å². The lowest BCUT2D eigenvalue weighted by molar-refractivity contribution is 0.0144. The zero-order chi connectivity index (χ0) is 31.9. The Morgan fingerprint density at radius 2 is 1.91 bits per heavy atom. The number of nitrogens with zero attached hydrogens (tertiary/aromatic N) is 7. The van der Waals surface area contributed by atoms with Crippen LogP contribution in [0.15, 0.2) is 18.2 Å². The van der Waals surface area contributed by atoms with Crippen LogP contribution in [0.2, 0.25) is 0 Å². The number of rotatable bonds is 5. The Morgan fingerprint density at radius 1 is 1.11 bits per heavy atom. The van der Waals surface area contributed by atoms with Crippen LogP contribution in [0.1, 0.15) is 51.3 Å². The van der Waals surface area contributed by atoms with Crippen LogP contribution in [0.25, 0.3) is 0 Å². The maximum Gasteiger partial charge on any atom is 0.410 e. The third kappa shape index (κ3) is 8.35. The molecule has 0 N–H and O–H groups in total. The average Bonchev–Trinajstić information content (AvgIpc) is 3.00. The Kier molecular flexibility index (Phi) is 11.4. The first kappa shape index (κ1) is 33.4. The van der Waals surface area contributed by atoms with Gasteiger partial charge in [0.25, 0.3) is 0 Å². The van der Waals surface area contributed by atoms with Gasteiger partial charge in [-0.1, -0.05) is 18.0 Å². The second kappa shape index (κ2) is 15.0. The van der Waals surface area contributed by atoms with Crippen molar-refractivity contribution in [3.05, 3.63) is 35.3 Å². The Morgan fingerprint density at radius 3 is 2.52 bits per heavy atom. The molecule has 3 aliphatic rings. The van der Waals surface area contributed by atoms with Crippen LogP contribution in [0.4, 0.5) is 20.7 Å². The molecule has 0 aliphatic carbocycles. The molecule has 44 heavy (non-hydrogen) atoms. The number of carbonyl (C=O) groups excluding carboxylic acids is 1. The summed E-state index contributed by atoms with van der Waals surface area (Å²) in [5.41, 5.74) is 1.80. The first-order chi connectivity index (χ1) is 21.0. The minimum absolute atomic E-state index is 0.174. The number of ether oxygens (including phenoxy) is 3. The summed E-state index contributed by atoms with van der Waals surface area (Å²) in [6.07, 6.45) is 3.18. The summed E-state index contributed by atoms with van der Waals surface area (Å²) in [5.74, 6) is 1.85. The number of para-hydroxylation sites is 1. The lowest BCUT2D eigenvalue weighted by Crippen LogP contribution is -2.56. The van der Waals surface area contributed by atoms with Gasteiger partial charge in [-0.05, 0) is 59.2 Å². The van der Waals surface area contributed by atoms with Crippen LogP contribution in [0.3, 0.4) is 0 Å². The van der Waals surface area contributed by atoms with E-state index >= 15 is 0 Å². The summed E-state index contributed by atoms with van der Waals surface area (Å²) in [4.78, 5) is 27.8. The smallest absolute Gasteiger partial charge is 0.410 e. The van der Waals surface area contributed by atoms with E-state index in [0.717, 1.165) is 17.1 Å². The third-order valence-electron chi connectivity index (χ3n) is 7.61. The Hall–Kier alpha value is -3.50. The van der Waals surface area contributed by atoms with E-state index < -0.39 is 17.5 Å². The second-order valence-electron chi connectivity index (χ2n) is 12.0. The summed E-state index contributed by atoms with van der Waals surface area (Å²) < 4.78 is 33.0. The molecule has 13 heteroatoms. The second-order valence-corrected chi connectivity index (χ2v) is 13.2. The van der Waals surface area contributed by atoms with Gasteiger partial charge in [-0.15, -0.1) is 0 Å². The SMILES string of the molecule is CN1CCCCS1.COc1nc2c(c(N3CCN(C(=O)OC(C)(C)C)C(CC#N)C3)n1)CCN(c1cccc(F)c1OC)C2. The Bertz CT molecular complexity index is 1330. The molecule has 1 unspecified atom stereocenters. The van der Waals surface area contributed by atoms with Crippen molar-refractivity contribution in [1.29, 1.82) is 5.26 Å². The number of piperazine rings is 1. The van der Waals surface area contributed by atoms with Crippen molar-refractivity contribution in [3.8, 4) is 17.8 Å². The fourth-order valence-corrected chi connectivity index (χ4v) is 6.41. The number of hydrogen-bond donors (Lipinski definition) is 0. The molecular formula is C31H44FN7O4S. The Balaban J connectivity index is 0.000000555. The molecule has 5 rings (SSSR count). The van der Waals surface area contributed by atoms with Crippen molar-refractivity contribution in [3.63, 3.8) is 0 Å². The molecule has 240 valence electrons. The van der Waals surface area contributed by atoms with Gasteiger partial charge in [0.05, 0.1) is 50.7 Å². The predicted octanol–water partition coefficient (Wildman–Crippen LogP) is 4.90. The third-order valence-corrected chi connectivity index (χ3v) is 8.71. The van der Waals surface area contributed by atoms with Gasteiger partial charge in [0.2, 0.25) is 0 Å². The minimum Gasteiger partial charge on any atom is -0.492 e. The van der Waals surface area contributed by atoms with E-state index in [0.29, 0.717) is 44.8 Å². The van der Waals surface area contributed by atoms with Crippen molar-refractivity contribution in [2.24, 2.45) is 0 Å². The number of methoxy groups -OCH3 is 2. The van der Waals surface area contributed by atoms with Gasteiger partial charge >= 0.3 is 12.1 Å². The standard InChI is InChI=1S/C26H33FN6O4.C5H11NS/c1-26(2,3)37-25(34)33-14-13-32(15-17(33)9-11-28)23-18-10-12-31(16-20(18)29-24(30-23)36-5)21-8-6-7-19(27)22(21)35-4;1-6-4-2-3-5-7-6/h6-8,17H,9-10,12-16H2,1-5H3;2-5H2,1H3. The van der Waals surface area contributed by atoms with E-state index in [1.165, 1.54) is 45.4 Å². The molecule has 2 saturated heterocycles. The van der Waals surface area contributed by atoms with Crippen LogP contribution < -0.4 is 19.3 Å². The maximum atomic E-state index is 14.3. The van der Waals surface area contributed by atoms with Crippen LogP contribution >= 0.6 is 11.9 Å². The van der Waals surface area contributed by atoms with Gasteiger partial charge in [0, 0.05) is 44.0 Å². The number of benzene rings is 1. The van der Waals surface area contributed by atoms with Gasteiger partial charge in [0.15, 0.2) is 11.6 Å². The van der Waals surface area contributed by atoms with Gasteiger partial charge in [0.1, 0.15) is 11.4 Å². The van der Waals surface area contributed by atoms with E-state index in [4.69, 9.17) is 14.2 Å². The molecule has 1 amide bonds. The summed E-state index contributed by atoms with van der Waals surface area (Å²) in [6.45, 7) is 9.15. The highest BCUT2D eigenvalue weighted by Gasteiger charge is 2.36. The fourth-order valence-electron chi connectivity index (χ4n) is 5.51. The highest BCUT2D eigenvalue weighted by atomic mass is 32.2. The molecule has 2 fully saturated rings. The van der Waals surface area contributed by atoms with Gasteiger partial charge in [-0.3, -0.25) is 4.31 Å². The van der Waals surface area contributed by atoms with E-state index in [9.17, 15) is 14.4 Å². The largest absolute Gasteiger partial charge is 0.492 e. The summed E-state index contributed by atoms with van der Waals surface area (Å²) in [7, 11) is 5.13. The molecule has 4 heterocycles. The molecule has 0 bridgehead atoms. The van der Waals surface area contributed by atoms with Gasteiger partial charge in [-0.2, -0.15) is 15.2 Å². The highest BCUT2D eigenvalue weighted by Crippen LogP contribution is 2.36. The summed E-state index contributed by atoms with van der Waals surface area (Å²) in [6, 6.07) is 6.94. The molecule has 3 aliphatic heterocycles. The lowest BCUT2D eigenvalue weighted by atomic mass is 10.0. The number of fused-ring (bicyclic) bond motifs is 1. The van der Waals surface area contributed by atoms with E-state index in [-0.39, 0.29) is 24.2 Å². The number of hydrogen-bond acceptors (Lipinski definition) is 11. The summed E-state index contributed by atoms with van der Waals surface area (Å²) in [5, 5.41) is 9.45. The van der Waals surface area contributed by atoms with Crippen molar-refractivity contribution in [2.45, 2.75) is 64.6 Å². The molecule has 1 atom stereocenters. The quantitative estimate of drug-likeness (QED) is 0.422. The number of carbonyl (C=O) groups is 1. The summed E-state index contributed by atoms with van der Waals surface area (Å²) >= 11 is 1.95. The first-order valence-corrected chi connectivity index (χ1v) is 16.0. The van der Waals surface area contributed by atoms with E-state index in [1.807, 2.05) is 43.7 Å². The number of halogens is 1. The predicted molar refractivity (Wildman–Crippen MR) is 170 cm³/mol. The number of aromatic nitrogens is 2. The monoisotopic (exact) mass is 629 g/mol. The van der Waals surface area contributed by atoms with Gasteiger partial charge < -0.3 is 28.9 Å². The number of anilines is 2. The zero-order valence-electron chi connectivity index (χ0n) is 26.6. The Labute approximate surface area is 264 Å². The first-order valence-electron chi connectivity index (χ1n) is 15.0. The normalized spacial score (nSPS) is 18.9. The van der Waals surface area contributed by atoms with Crippen molar-refractivity contribution in [2.75, 3.05) is 69.5 Å². The molecular weight excluding hydrogens is 585 g/mol. The number of nitriles is 1. The van der Waals surface area contributed by atoms with Crippen LogP contribution in [0.5, 0.6) is 11.8 Å². The molecule has 1 aromatic carbocycles. The van der Waals surface area contributed by atoms with E-state index in [1.54, 1.807) is 11.0 Å². The molecule has 0 saturated carbocycles. The van der Waals surface area contributed by atoms with Crippen LogP contribution in [-0.2, 0) is 17.7 Å². The zero-order valence-corrected chi connectivity index (χ0v) is 27.5. The van der Waals surface area contributed by atoms with Gasteiger partial charge in [-0.25, -0.2) is 9.18 Å². The topological polar surface area (TPSA) is 107 Å². The highest BCUT2D eigenvalue weighted by molar-refractivity contribution is 7.97. The lowest BCUT2D eigenvalue weighted by Gasteiger charge is -2.42. The number of amides is 1. The van der Waals surface area contributed by atoms with Crippen LogP contribution in [-0.4, -0.2) is 96.7 Å². The van der Waals surface area contributed by atoms with Crippen LogP contribution in [0, 0.1) is 17.1 Å². The molecule has 0 radical (unpaired) electrons. The fraction of sp³-hybridized carbons (Fsp3) is 0.613.